The smallest absolute Gasteiger partial charge is 0.209 e. The van der Waals surface area contributed by atoms with Crippen molar-refractivity contribution in [3.63, 3.8) is 0 Å². The Hall–Kier alpha value is -1.94. The average molecular weight is 285 g/mol. The number of ketones is 1. The highest BCUT2D eigenvalue weighted by molar-refractivity contribution is 7.80. The monoisotopic (exact) mass is 285 g/mol. The van der Waals surface area contributed by atoms with Crippen LogP contribution in [0.4, 0.5) is 0 Å². The summed E-state index contributed by atoms with van der Waals surface area (Å²) in [6.45, 7) is 0.810. The molecular formula is C16H15NO2S. The third kappa shape index (κ3) is 2.06. The lowest BCUT2D eigenvalue weighted by atomic mass is 10.1. The number of methoxy groups -OCH3 is 1. The molecule has 3 rings (SSSR count). The fraction of sp³-hybridized carbons (Fsp3) is 0.250. The molecule has 102 valence electrons. The van der Waals surface area contributed by atoms with Crippen molar-refractivity contribution in [3.8, 4) is 0 Å². The van der Waals surface area contributed by atoms with Crippen molar-refractivity contribution in [2.24, 2.45) is 0 Å². The molecule has 3 nitrogen and oxygen atoms in total. The molecule has 0 fully saturated rings. The summed E-state index contributed by atoms with van der Waals surface area (Å²) in [4.78, 5) is 12.5. The van der Waals surface area contributed by atoms with E-state index in [0.717, 1.165) is 24.4 Å². The minimum Gasteiger partial charge on any atom is -0.490 e. The summed E-state index contributed by atoms with van der Waals surface area (Å²) in [6.07, 6.45) is 0.901. The van der Waals surface area contributed by atoms with Crippen LogP contribution in [-0.2, 0) is 11.3 Å². The number of nitrogens with zero attached hydrogens (tertiary/aromatic N) is 1. The number of benzene rings is 1. The molecular weight excluding hydrogens is 270 g/mol. The van der Waals surface area contributed by atoms with Crippen molar-refractivity contribution in [1.82, 2.24) is 4.57 Å². The van der Waals surface area contributed by atoms with Gasteiger partial charge in [0.25, 0.3) is 0 Å². The second-order valence-corrected chi connectivity index (χ2v) is 5.26. The van der Waals surface area contributed by atoms with Gasteiger partial charge in [0.2, 0.25) is 5.78 Å². The highest BCUT2D eigenvalue weighted by atomic mass is 32.1. The Bertz CT molecular complexity index is 660. The van der Waals surface area contributed by atoms with Gasteiger partial charge in [0.15, 0.2) is 5.05 Å². The van der Waals surface area contributed by atoms with Crippen LogP contribution in [-0.4, -0.2) is 22.5 Å². The van der Waals surface area contributed by atoms with E-state index in [1.54, 1.807) is 7.11 Å². The largest absolute Gasteiger partial charge is 0.490 e. The molecule has 4 heteroatoms. The Morgan fingerprint density at radius 2 is 2.00 bits per heavy atom. The molecule has 1 atom stereocenters. The lowest BCUT2D eigenvalue weighted by molar-refractivity contribution is 0.103. The summed E-state index contributed by atoms with van der Waals surface area (Å²) in [5.41, 5.74) is 2.52. The first-order valence-electron chi connectivity index (χ1n) is 6.59. The highest BCUT2D eigenvalue weighted by Gasteiger charge is 2.30. The highest BCUT2D eigenvalue weighted by Crippen LogP contribution is 2.32. The molecule has 0 bridgehead atoms. The van der Waals surface area contributed by atoms with Gasteiger partial charge in [0.05, 0.1) is 18.7 Å². The SMILES string of the molecule is COC(=S)C1CCn2c(C(=O)c3ccccc3)ccc21. The molecule has 20 heavy (non-hydrogen) atoms. The second-order valence-electron chi connectivity index (χ2n) is 4.85. The molecule has 1 aromatic carbocycles. The standard InChI is InChI=1S/C16H15NO2S/c1-19-16(20)12-9-10-17-13(12)7-8-14(17)15(18)11-5-3-2-4-6-11/h2-8,12H,9-10H2,1H3. The van der Waals surface area contributed by atoms with Crippen LogP contribution in [0.2, 0.25) is 0 Å². The molecule has 0 radical (unpaired) electrons. The van der Waals surface area contributed by atoms with Gasteiger partial charge in [-0.3, -0.25) is 4.79 Å². The first-order chi connectivity index (χ1) is 9.72. The summed E-state index contributed by atoms with van der Waals surface area (Å²) in [7, 11) is 1.60. The summed E-state index contributed by atoms with van der Waals surface area (Å²) in [6, 6.07) is 13.2. The minimum absolute atomic E-state index is 0.0563. The van der Waals surface area contributed by atoms with E-state index in [9.17, 15) is 4.79 Å². The summed E-state index contributed by atoms with van der Waals surface area (Å²) >= 11 is 5.24. The fourth-order valence-corrected chi connectivity index (χ4v) is 3.00. The molecule has 0 saturated carbocycles. The number of rotatable bonds is 3. The normalized spacial score (nSPS) is 16.8. The molecule has 2 heterocycles. The predicted molar refractivity (Wildman–Crippen MR) is 81.3 cm³/mol. The van der Waals surface area contributed by atoms with Crippen molar-refractivity contribution >= 4 is 23.1 Å². The van der Waals surface area contributed by atoms with Gasteiger partial charge in [-0.25, -0.2) is 0 Å². The van der Waals surface area contributed by atoms with Crippen LogP contribution in [0.25, 0.3) is 0 Å². The van der Waals surface area contributed by atoms with E-state index in [1.165, 1.54) is 0 Å². The average Bonchev–Trinajstić information content (AvgIpc) is 3.08. The van der Waals surface area contributed by atoms with E-state index in [1.807, 2.05) is 42.5 Å². The van der Waals surface area contributed by atoms with Gasteiger partial charge in [-0.2, -0.15) is 0 Å². The molecule has 1 aromatic heterocycles. The quantitative estimate of drug-likeness (QED) is 0.641. The van der Waals surface area contributed by atoms with Gasteiger partial charge in [0, 0.05) is 17.8 Å². The van der Waals surface area contributed by atoms with Crippen molar-refractivity contribution in [2.45, 2.75) is 18.9 Å². The van der Waals surface area contributed by atoms with Crippen LogP contribution in [0.1, 0.15) is 34.1 Å². The lowest BCUT2D eigenvalue weighted by Crippen LogP contribution is -2.10. The third-order valence-electron chi connectivity index (χ3n) is 3.77. The topological polar surface area (TPSA) is 31.2 Å². The van der Waals surface area contributed by atoms with Crippen LogP contribution in [0.5, 0.6) is 0 Å². The van der Waals surface area contributed by atoms with Crippen molar-refractivity contribution < 1.29 is 9.53 Å². The van der Waals surface area contributed by atoms with Gasteiger partial charge in [0.1, 0.15) is 0 Å². The second kappa shape index (κ2) is 5.21. The zero-order valence-corrected chi connectivity index (χ0v) is 12.0. The number of hydrogen-bond acceptors (Lipinski definition) is 3. The molecule has 0 aliphatic carbocycles. The van der Waals surface area contributed by atoms with E-state index >= 15 is 0 Å². The number of aromatic nitrogens is 1. The molecule has 1 aliphatic rings. The zero-order chi connectivity index (χ0) is 14.1. The van der Waals surface area contributed by atoms with Gasteiger partial charge < -0.3 is 9.30 Å². The maximum Gasteiger partial charge on any atom is 0.209 e. The summed E-state index contributed by atoms with van der Waals surface area (Å²) < 4.78 is 7.24. The number of fused-ring (bicyclic) bond motifs is 1. The molecule has 1 unspecified atom stereocenters. The molecule has 0 amide bonds. The molecule has 0 N–H and O–H groups in total. The van der Waals surface area contributed by atoms with Crippen molar-refractivity contribution in [3.05, 3.63) is 59.4 Å². The summed E-state index contributed by atoms with van der Waals surface area (Å²) in [5.74, 6) is 0.174. The maximum atomic E-state index is 12.5. The van der Waals surface area contributed by atoms with Gasteiger partial charge in [-0.05, 0) is 30.8 Å². The van der Waals surface area contributed by atoms with Crippen LogP contribution in [0, 0.1) is 0 Å². The van der Waals surface area contributed by atoms with E-state index in [0.29, 0.717) is 10.6 Å². The number of carbonyl (C=O) groups excluding carboxylic acids is 1. The summed E-state index contributed by atoms with van der Waals surface area (Å²) in [5, 5.41) is 0.598. The number of thiocarbonyl (C=S) groups is 1. The zero-order valence-electron chi connectivity index (χ0n) is 11.2. The van der Waals surface area contributed by atoms with Crippen LogP contribution in [0.3, 0.4) is 0 Å². The fourth-order valence-electron chi connectivity index (χ4n) is 2.76. The Labute approximate surface area is 123 Å². The Kier molecular flexibility index (Phi) is 3.40. The first kappa shape index (κ1) is 13.1. The number of hydrogen-bond donors (Lipinski definition) is 0. The third-order valence-corrected chi connectivity index (χ3v) is 4.22. The Balaban J connectivity index is 1.95. The number of carbonyl (C=O) groups is 1. The Morgan fingerprint density at radius 3 is 2.70 bits per heavy atom. The molecule has 1 aliphatic heterocycles. The van der Waals surface area contributed by atoms with Crippen LogP contribution < -0.4 is 0 Å². The van der Waals surface area contributed by atoms with Gasteiger partial charge >= 0.3 is 0 Å². The Morgan fingerprint density at radius 1 is 1.25 bits per heavy atom. The van der Waals surface area contributed by atoms with E-state index in [4.69, 9.17) is 17.0 Å². The molecule has 2 aromatic rings. The molecule has 0 saturated heterocycles. The van der Waals surface area contributed by atoms with E-state index < -0.39 is 0 Å². The van der Waals surface area contributed by atoms with E-state index in [-0.39, 0.29) is 11.7 Å². The molecule has 0 spiro atoms. The minimum atomic E-state index is 0.0563. The maximum absolute atomic E-state index is 12.5. The van der Waals surface area contributed by atoms with Gasteiger partial charge in [-0.1, -0.05) is 30.3 Å². The van der Waals surface area contributed by atoms with Gasteiger partial charge in [-0.15, -0.1) is 0 Å². The lowest BCUT2D eigenvalue weighted by Gasteiger charge is -2.09. The van der Waals surface area contributed by atoms with Crippen LogP contribution in [0.15, 0.2) is 42.5 Å². The first-order valence-corrected chi connectivity index (χ1v) is 7.00. The van der Waals surface area contributed by atoms with Crippen molar-refractivity contribution in [2.75, 3.05) is 7.11 Å². The van der Waals surface area contributed by atoms with E-state index in [2.05, 4.69) is 4.57 Å². The van der Waals surface area contributed by atoms with Crippen molar-refractivity contribution in [1.29, 1.82) is 0 Å². The number of ether oxygens (including phenoxy) is 1. The predicted octanol–water partition coefficient (Wildman–Crippen LogP) is 3.18. The van der Waals surface area contributed by atoms with Crippen LogP contribution >= 0.6 is 12.2 Å².